The van der Waals surface area contributed by atoms with Crippen molar-refractivity contribution in [3.05, 3.63) is 183 Å². The number of para-hydroxylation sites is 4. The van der Waals surface area contributed by atoms with E-state index in [9.17, 15) is 0 Å². The molecule has 0 atom stereocenters. The third kappa shape index (κ3) is 10.0. The summed E-state index contributed by atoms with van der Waals surface area (Å²) >= 11 is 0. The third-order valence-corrected chi connectivity index (χ3v) is 10.7. The molecule has 340 valence electrons. The summed E-state index contributed by atoms with van der Waals surface area (Å²) in [5.41, 5.74) is 7.95. The van der Waals surface area contributed by atoms with Crippen LogP contribution in [0.25, 0.3) is 43.9 Å². The van der Waals surface area contributed by atoms with Crippen LogP contribution in [-0.2, 0) is 42.1 Å². The Hall–Kier alpha value is -6.48. The molecule has 2 aliphatic rings. The van der Waals surface area contributed by atoms with Crippen LogP contribution in [0.1, 0.15) is 50.9 Å². The average Bonchev–Trinajstić information content (AvgIpc) is 4.10. The second-order valence-corrected chi connectivity index (χ2v) is 15.9. The Morgan fingerprint density at radius 2 is 0.833 bits per heavy atom. The molecular formula is C52H46N12Pt2-6. The maximum absolute atomic E-state index is 4.60. The molecule has 0 amide bonds. The van der Waals surface area contributed by atoms with Crippen molar-refractivity contribution >= 4 is 78.5 Å². The molecule has 0 unspecified atom stereocenters. The quantitative estimate of drug-likeness (QED) is 0.156. The summed E-state index contributed by atoms with van der Waals surface area (Å²) in [4.78, 5) is 43.4. The molecule has 66 heavy (non-hydrogen) atoms. The van der Waals surface area contributed by atoms with E-state index in [1.54, 1.807) is 24.8 Å². The van der Waals surface area contributed by atoms with E-state index in [2.05, 4.69) is 116 Å². The van der Waals surface area contributed by atoms with Gasteiger partial charge in [0.05, 0.1) is 0 Å². The molecule has 0 N–H and O–H groups in total. The summed E-state index contributed by atoms with van der Waals surface area (Å²) in [6.45, 7) is 12.5. The molecular weight excluding hydrogens is 1180 g/mol. The zero-order chi connectivity index (χ0) is 44.2. The van der Waals surface area contributed by atoms with Gasteiger partial charge in [0.15, 0.2) is 0 Å². The van der Waals surface area contributed by atoms with Crippen molar-refractivity contribution in [2.75, 3.05) is 33.7 Å². The Balaban J connectivity index is 0.000000130. The van der Waals surface area contributed by atoms with E-state index in [-0.39, 0.29) is 42.1 Å². The van der Waals surface area contributed by atoms with Crippen molar-refractivity contribution < 1.29 is 42.1 Å². The summed E-state index contributed by atoms with van der Waals surface area (Å²) in [7, 11) is 3.91. The molecule has 12 rings (SSSR count). The van der Waals surface area contributed by atoms with Gasteiger partial charge in [-0.15, -0.1) is 24.7 Å². The fourth-order valence-corrected chi connectivity index (χ4v) is 7.46. The summed E-state index contributed by atoms with van der Waals surface area (Å²) in [5.74, 6) is 4.30. The molecule has 0 saturated heterocycles. The van der Waals surface area contributed by atoms with E-state index in [0.717, 1.165) is 79.1 Å². The van der Waals surface area contributed by atoms with Crippen LogP contribution in [0.2, 0.25) is 0 Å². The molecule has 2 aliphatic heterocycles. The van der Waals surface area contributed by atoms with Gasteiger partial charge in [-0.1, -0.05) is 123 Å². The number of fused-ring (bicyclic) bond motifs is 8. The van der Waals surface area contributed by atoms with Crippen LogP contribution >= 0.6 is 0 Å². The van der Waals surface area contributed by atoms with Gasteiger partial charge in [0.1, 0.15) is 23.3 Å². The molecule has 6 aromatic heterocycles. The minimum atomic E-state index is 0. The number of nitrogens with zero attached hydrogens (tertiary/aromatic N) is 12. The zero-order valence-electron chi connectivity index (χ0n) is 37.2. The summed E-state index contributed by atoms with van der Waals surface area (Å²) in [6.07, 6.45) is 6.78. The standard InChI is InChI=1S/2C14H13N2.2C12H10N4.2Pt/c2*1-9(2)12-8-7-11-10-5-3-4-6-13(10)16-14(11)15-12;2*1-15-9-16(10-5-3-2-4-6-10)12-11(15)13-7-8-14-12;;/h2*3-9H,1-2H3;2*2-5,7-9H,1H3;;/q2*-1;2*-2;;. The van der Waals surface area contributed by atoms with Crippen LogP contribution in [-0.4, -0.2) is 44.0 Å². The molecule has 0 bridgehead atoms. The summed E-state index contributed by atoms with van der Waals surface area (Å²) in [6, 6.07) is 46.8. The van der Waals surface area contributed by atoms with E-state index in [0.29, 0.717) is 11.8 Å². The maximum Gasteiger partial charge on any atom is 0.143 e. The van der Waals surface area contributed by atoms with Crippen LogP contribution in [0.4, 0.5) is 34.6 Å². The minimum Gasteiger partial charge on any atom is -0.487 e. The maximum atomic E-state index is 4.60. The topological polar surface area (TPSA) is 118 Å². The number of benzene rings is 4. The Morgan fingerprint density at radius 1 is 0.455 bits per heavy atom. The first kappa shape index (κ1) is 47.5. The first-order valence-electron chi connectivity index (χ1n) is 21.2. The first-order valence-corrected chi connectivity index (χ1v) is 21.2. The van der Waals surface area contributed by atoms with Gasteiger partial charge in [-0.25, -0.2) is 19.9 Å². The van der Waals surface area contributed by atoms with Crippen LogP contribution in [0, 0.1) is 25.5 Å². The molecule has 14 heteroatoms. The summed E-state index contributed by atoms with van der Waals surface area (Å²) in [5, 5.41) is 4.70. The van der Waals surface area contributed by atoms with E-state index in [1.807, 2.05) is 132 Å². The van der Waals surface area contributed by atoms with Crippen LogP contribution in [0.5, 0.6) is 0 Å². The SMILES string of the molecule is CC(C)c1ccc2c(n1)[n-]c1ccccc12.CC(C)c1ccc2c(n1)[n-]c1ccccc12.CN1[CH-]N(c2[c-]cccc2)c2nccnc21.CN1[CH-]N(c2[c-]cccc2)c2nccnc21.[Pt].[Pt]. The first-order chi connectivity index (χ1) is 31.2. The molecule has 0 saturated carbocycles. The molecule has 10 aromatic rings. The van der Waals surface area contributed by atoms with Gasteiger partial charge < -0.3 is 39.5 Å². The van der Waals surface area contributed by atoms with E-state index in [4.69, 9.17) is 0 Å². The molecule has 0 spiro atoms. The predicted molar refractivity (Wildman–Crippen MR) is 258 cm³/mol. The van der Waals surface area contributed by atoms with Crippen molar-refractivity contribution in [2.24, 2.45) is 0 Å². The number of pyridine rings is 2. The Morgan fingerprint density at radius 3 is 1.21 bits per heavy atom. The summed E-state index contributed by atoms with van der Waals surface area (Å²) < 4.78 is 0. The van der Waals surface area contributed by atoms with Gasteiger partial charge in [-0.05, 0) is 58.5 Å². The number of rotatable bonds is 4. The predicted octanol–water partition coefficient (Wildman–Crippen LogP) is 10.9. The number of aromatic nitrogens is 8. The van der Waals surface area contributed by atoms with Gasteiger partial charge in [-0.3, -0.25) is 0 Å². The van der Waals surface area contributed by atoms with Gasteiger partial charge >= 0.3 is 0 Å². The molecule has 12 nitrogen and oxygen atoms in total. The van der Waals surface area contributed by atoms with E-state index < -0.39 is 0 Å². The van der Waals surface area contributed by atoms with Gasteiger partial charge in [0.25, 0.3) is 0 Å². The molecule has 0 fully saturated rings. The van der Waals surface area contributed by atoms with Crippen LogP contribution in [0.3, 0.4) is 0 Å². The normalized spacial score (nSPS) is 12.5. The number of anilines is 6. The largest absolute Gasteiger partial charge is 0.487 e. The molecule has 0 aliphatic carbocycles. The number of hydrogen-bond acceptors (Lipinski definition) is 10. The molecule has 0 radical (unpaired) electrons. The Kier molecular flexibility index (Phi) is 15.3. The van der Waals surface area contributed by atoms with Gasteiger partial charge in [0.2, 0.25) is 0 Å². The van der Waals surface area contributed by atoms with Crippen LogP contribution < -0.4 is 29.6 Å². The van der Waals surface area contributed by atoms with Gasteiger partial charge in [0, 0.05) is 66.9 Å². The van der Waals surface area contributed by atoms with Crippen molar-refractivity contribution in [3.63, 3.8) is 0 Å². The molecule has 8 heterocycles. The Labute approximate surface area is 414 Å². The van der Waals surface area contributed by atoms with Gasteiger partial charge in [-0.2, -0.15) is 60.7 Å². The second-order valence-electron chi connectivity index (χ2n) is 15.9. The minimum absolute atomic E-state index is 0. The fourth-order valence-electron chi connectivity index (χ4n) is 7.46. The van der Waals surface area contributed by atoms with Crippen molar-refractivity contribution in [2.45, 2.75) is 39.5 Å². The van der Waals surface area contributed by atoms with E-state index in [1.165, 1.54) is 10.8 Å². The zero-order valence-corrected chi connectivity index (χ0v) is 41.7. The van der Waals surface area contributed by atoms with Crippen molar-refractivity contribution in [1.82, 2.24) is 39.9 Å². The fraction of sp³-hybridized carbons (Fsp3) is 0.154. The number of hydrogen-bond donors (Lipinski definition) is 0. The van der Waals surface area contributed by atoms with Crippen LogP contribution in [0.15, 0.2) is 146 Å². The van der Waals surface area contributed by atoms with E-state index >= 15 is 0 Å². The smallest absolute Gasteiger partial charge is 0.143 e. The molecule has 4 aromatic carbocycles. The second kappa shape index (κ2) is 21.2. The van der Waals surface area contributed by atoms with Crippen molar-refractivity contribution in [1.29, 1.82) is 0 Å². The van der Waals surface area contributed by atoms with Crippen molar-refractivity contribution in [3.8, 4) is 0 Å². The Bertz CT molecular complexity index is 2940. The average molecular weight is 1230 g/mol. The monoisotopic (exact) mass is 1230 g/mol. The third-order valence-electron chi connectivity index (χ3n) is 10.7.